The highest BCUT2D eigenvalue weighted by Crippen LogP contribution is 2.43. The Kier molecular flexibility index (Phi) is 65.2. The quantitative estimate of drug-likeness (QED) is 0.0264. The first-order valence-corrected chi connectivity index (χ1v) is 35.5. The Labute approximate surface area is 521 Å². The Bertz CT molecular complexity index is 1950. The number of esters is 2. The maximum Gasteiger partial charge on any atom is 0.472 e. The van der Waals surface area contributed by atoms with Crippen molar-refractivity contribution in [1.82, 2.24) is 0 Å². The highest BCUT2D eigenvalue weighted by atomic mass is 31.2. The second-order valence-corrected chi connectivity index (χ2v) is 23.4. The zero-order valence-corrected chi connectivity index (χ0v) is 54.9. The van der Waals surface area contributed by atoms with Crippen LogP contribution >= 0.6 is 7.82 Å². The van der Waals surface area contributed by atoms with E-state index >= 15 is 0 Å². The lowest BCUT2D eigenvalue weighted by Crippen LogP contribution is -2.29. The lowest BCUT2D eigenvalue weighted by atomic mass is 10.0. The molecule has 2 unspecified atom stereocenters. The van der Waals surface area contributed by atoms with Crippen molar-refractivity contribution in [3.8, 4) is 0 Å². The molecule has 0 radical (unpaired) electrons. The zero-order valence-electron chi connectivity index (χ0n) is 54.0. The topological polar surface area (TPSA) is 134 Å². The van der Waals surface area contributed by atoms with Crippen molar-refractivity contribution in [2.24, 2.45) is 5.73 Å². The molecule has 0 saturated carbocycles. The Morgan fingerprint density at radius 2 is 0.612 bits per heavy atom. The van der Waals surface area contributed by atoms with Crippen LogP contribution in [0.15, 0.2) is 158 Å². The number of ether oxygens (including phenoxy) is 2. The SMILES string of the molecule is CC/C=C\C/C=C\C/C=C\C/C=C\C/C=C\C/C=C\C/C=C\C/C=C\C/C=C\CCCCCCCCCCCC(=O)OC(COC(=O)CCCCCCCCCCCCCCCC/C=C\C/C=C\C/C=C\C/C=C\CC)COP(=O)(O)OCCN. The van der Waals surface area contributed by atoms with Crippen LogP contribution in [-0.4, -0.2) is 49.3 Å². The first-order chi connectivity index (χ1) is 41.8. The fraction of sp³-hybridized carbons (Fsp3) is 0.627. The van der Waals surface area contributed by atoms with Gasteiger partial charge < -0.3 is 20.1 Å². The summed E-state index contributed by atoms with van der Waals surface area (Å²) in [5.41, 5.74) is 5.40. The fourth-order valence-electron chi connectivity index (χ4n) is 8.97. The number of phosphoric acid groups is 1. The first-order valence-electron chi connectivity index (χ1n) is 34.0. The van der Waals surface area contributed by atoms with Crippen LogP contribution in [0.1, 0.15) is 271 Å². The zero-order chi connectivity index (χ0) is 61.6. The lowest BCUT2D eigenvalue weighted by molar-refractivity contribution is -0.161. The van der Waals surface area contributed by atoms with Gasteiger partial charge >= 0.3 is 19.8 Å². The van der Waals surface area contributed by atoms with E-state index in [1.165, 1.54) is 109 Å². The van der Waals surface area contributed by atoms with E-state index in [0.717, 1.165) is 128 Å². The van der Waals surface area contributed by atoms with Crippen LogP contribution in [0.3, 0.4) is 0 Å². The third kappa shape index (κ3) is 68.6. The van der Waals surface area contributed by atoms with E-state index in [1.807, 2.05) is 0 Å². The molecular weight excluding hydrogens is 1070 g/mol. The summed E-state index contributed by atoms with van der Waals surface area (Å²) in [6.07, 6.45) is 100. The minimum Gasteiger partial charge on any atom is -0.462 e. The Balaban J connectivity index is 3.97. The van der Waals surface area contributed by atoms with E-state index in [2.05, 4.69) is 172 Å². The van der Waals surface area contributed by atoms with Crippen molar-refractivity contribution in [3.05, 3.63) is 158 Å². The normalized spacial score (nSPS) is 14.0. The summed E-state index contributed by atoms with van der Waals surface area (Å²) in [6, 6.07) is 0. The highest BCUT2D eigenvalue weighted by Gasteiger charge is 2.26. The summed E-state index contributed by atoms with van der Waals surface area (Å²) in [5.74, 6) is -0.840. The van der Waals surface area contributed by atoms with Crippen LogP contribution in [-0.2, 0) is 32.7 Å². The van der Waals surface area contributed by atoms with Gasteiger partial charge in [-0.2, -0.15) is 0 Å². The van der Waals surface area contributed by atoms with E-state index in [4.69, 9.17) is 24.3 Å². The average Bonchev–Trinajstić information content (AvgIpc) is 3.52. The molecule has 0 saturated heterocycles. The van der Waals surface area contributed by atoms with E-state index < -0.39 is 26.5 Å². The maximum absolute atomic E-state index is 12.8. The molecule has 0 aromatic heterocycles. The highest BCUT2D eigenvalue weighted by molar-refractivity contribution is 7.47. The summed E-state index contributed by atoms with van der Waals surface area (Å²) < 4.78 is 33.2. The second-order valence-electron chi connectivity index (χ2n) is 21.9. The Hall–Kier alpha value is -4.37. The molecule has 0 aliphatic rings. The van der Waals surface area contributed by atoms with E-state index in [-0.39, 0.29) is 38.6 Å². The molecule has 0 fully saturated rings. The van der Waals surface area contributed by atoms with Gasteiger partial charge in [0.1, 0.15) is 6.61 Å². The predicted molar refractivity (Wildman–Crippen MR) is 366 cm³/mol. The van der Waals surface area contributed by atoms with Crippen molar-refractivity contribution in [2.45, 2.75) is 277 Å². The molecule has 0 aromatic carbocycles. The van der Waals surface area contributed by atoms with Crippen molar-refractivity contribution in [2.75, 3.05) is 26.4 Å². The van der Waals surface area contributed by atoms with Crippen LogP contribution in [0.5, 0.6) is 0 Å². The average molecular weight is 1200 g/mol. The number of rotatable bonds is 62. The summed E-state index contributed by atoms with van der Waals surface area (Å²) in [6.45, 7) is 3.51. The number of phosphoric ester groups is 1. The van der Waals surface area contributed by atoms with E-state index in [9.17, 15) is 19.0 Å². The number of nitrogens with two attached hydrogens (primary N) is 1. The molecule has 0 aromatic rings. The molecule has 3 N–H and O–H groups in total. The molecule has 0 aliphatic carbocycles. The molecular formula is C75H124NO8P. The van der Waals surface area contributed by atoms with Crippen molar-refractivity contribution < 1.29 is 37.6 Å². The van der Waals surface area contributed by atoms with Gasteiger partial charge in [-0.1, -0.05) is 294 Å². The number of hydrogen-bond donors (Lipinski definition) is 2. The van der Waals surface area contributed by atoms with Gasteiger partial charge in [0.25, 0.3) is 0 Å². The van der Waals surface area contributed by atoms with Gasteiger partial charge in [0.2, 0.25) is 0 Å². The van der Waals surface area contributed by atoms with Crippen LogP contribution in [0, 0.1) is 0 Å². The number of carbonyl (C=O) groups is 2. The molecule has 0 rings (SSSR count). The number of allylic oxidation sites excluding steroid dienone is 26. The summed E-state index contributed by atoms with van der Waals surface area (Å²) in [5, 5.41) is 0. The molecule has 10 heteroatoms. The molecule has 0 heterocycles. The first kappa shape index (κ1) is 80.6. The molecule has 0 spiro atoms. The van der Waals surface area contributed by atoms with Gasteiger partial charge in [0.05, 0.1) is 13.2 Å². The predicted octanol–water partition coefficient (Wildman–Crippen LogP) is 22.4. The smallest absolute Gasteiger partial charge is 0.462 e. The van der Waals surface area contributed by atoms with Gasteiger partial charge in [-0.3, -0.25) is 18.6 Å². The third-order valence-electron chi connectivity index (χ3n) is 13.9. The number of unbranched alkanes of at least 4 members (excludes halogenated alkanes) is 23. The van der Waals surface area contributed by atoms with Gasteiger partial charge in [-0.25, -0.2) is 4.57 Å². The number of carbonyl (C=O) groups excluding carboxylic acids is 2. The summed E-state index contributed by atoms with van der Waals surface area (Å²) in [7, 11) is -4.40. The number of hydrogen-bond acceptors (Lipinski definition) is 8. The van der Waals surface area contributed by atoms with Crippen LogP contribution in [0.2, 0.25) is 0 Å². The minimum atomic E-state index is -4.40. The molecule has 482 valence electrons. The van der Waals surface area contributed by atoms with Gasteiger partial charge in [-0.05, 0) is 122 Å². The minimum absolute atomic E-state index is 0.0453. The van der Waals surface area contributed by atoms with Crippen molar-refractivity contribution in [1.29, 1.82) is 0 Å². The van der Waals surface area contributed by atoms with E-state index in [0.29, 0.717) is 6.42 Å². The monoisotopic (exact) mass is 1200 g/mol. The third-order valence-corrected chi connectivity index (χ3v) is 14.9. The molecule has 0 aliphatic heterocycles. The Morgan fingerprint density at radius 3 is 0.906 bits per heavy atom. The molecule has 9 nitrogen and oxygen atoms in total. The lowest BCUT2D eigenvalue weighted by Gasteiger charge is -2.19. The van der Waals surface area contributed by atoms with Crippen molar-refractivity contribution >= 4 is 19.8 Å². The van der Waals surface area contributed by atoms with E-state index in [1.54, 1.807) is 0 Å². The van der Waals surface area contributed by atoms with Crippen LogP contribution in [0.4, 0.5) is 0 Å². The maximum atomic E-state index is 12.8. The molecule has 85 heavy (non-hydrogen) atoms. The summed E-state index contributed by atoms with van der Waals surface area (Å²) in [4.78, 5) is 35.3. The van der Waals surface area contributed by atoms with Gasteiger partial charge in [0, 0.05) is 19.4 Å². The molecule has 0 amide bonds. The molecule has 0 bridgehead atoms. The van der Waals surface area contributed by atoms with Crippen LogP contribution in [0.25, 0.3) is 0 Å². The second kappa shape index (κ2) is 68.7. The van der Waals surface area contributed by atoms with Crippen molar-refractivity contribution in [3.63, 3.8) is 0 Å². The summed E-state index contributed by atoms with van der Waals surface area (Å²) >= 11 is 0. The Morgan fingerprint density at radius 1 is 0.353 bits per heavy atom. The largest absolute Gasteiger partial charge is 0.472 e. The standard InChI is InChI=1S/C75H124NO8P/c1-3-5-7-9-11-13-15-17-19-21-23-25-27-29-31-32-33-34-35-36-37-38-39-40-42-44-46-48-50-52-54-56-58-60-62-64-66-68-75(78)84-73(72-83-85(79,80)82-70-69-76)71-81-74(77)67-65-63-61-59-57-55-53-51-49-47-45-43-41-30-28-26-24-22-20-18-16-14-12-10-8-6-4-2/h5-8,11-14,17-20,23-26,29,31,33-34,36-37,39-40,44,46,73H,3-4,9-10,15-16,21-22,27-28,30,32,35,38,41-43,45,47-72,76H2,1-2H3,(H,79,80)/b7-5-,8-6-,13-11-,14-12-,19-17-,20-18-,25-23-,26-24-,31-29-,34-33-,37-36-,40-39-,46-44-. The van der Waals surface area contributed by atoms with Gasteiger partial charge in [0.15, 0.2) is 6.10 Å². The fourth-order valence-corrected chi connectivity index (χ4v) is 9.74. The van der Waals surface area contributed by atoms with Gasteiger partial charge in [-0.15, -0.1) is 0 Å². The molecule has 2 atom stereocenters. The van der Waals surface area contributed by atoms with Crippen LogP contribution < -0.4 is 5.73 Å².